The van der Waals surface area contributed by atoms with E-state index in [1.54, 1.807) is 6.92 Å². The van der Waals surface area contributed by atoms with E-state index < -0.39 is 24.1 Å². The third-order valence-electron chi connectivity index (χ3n) is 3.34. The smallest absolute Gasteiger partial charge is 0.202 e. The molecule has 2 N–H and O–H groups in total. The molecule has 0 aromatic rings. The van der Waals surface area contributed by atoms with E-state index in [0.717, 1.165) is 6.42 Å². The van der Waals surface area contributed by atoms with Gasteiger partial charge in [-0.25, -0.2) is 0 Å². The second-order valence-corrected chi connectivity index (χ2v) is 4.74. The van der Waals surface area contributed by atoms with Crippen LogP contribution in [0.3, 0.4) is 0 Å². The van der Waals surface area contributed by atoms with Gasteiger partial charge in [-0.1, -0.05) is 0 Å². The van der Waals surface area contributed by atoms with Crippen LogP contribution in [0.25, 0.3) is 0 Å². The molecule has 2 saturated heterocycles. The van der Waals surface area contributed by atoms with Gasteiger partial charge in [-0.15, -0.1) is 0 Å². The lowest BCUT2D eigenvalue weighted by Crippen LogP contribution is -2.61. The summed E-state index contributed by atoms with van der Waals surface area (Å²) in [4.78, 5) is 11.6. The van der Waals surface area contributed by atoms with Crippen molar-refractivity contribution >= 4 is 5.78 Å². The minimum absolute atomic E-state index is 0.0429. The van der Waals surface area contributed by atoms with Gasteiger partial charge in [0, 0.05) is 0 Å². The van der Waals surface area contributed by atoms with E-state index in [2.05, 4.69) is 0 Å². The Morgan fingerprint density at radius 2 is 1.94 bits per heavy atom. The van der Waals surface area contributed by atoms with Crippen molar-refractivity contribution < 1.29 is 24.5 Å². The monoisotopic (exact) mass is 230 g/mol. The summed E-state index contributed by atoms with van der Waals surface area (Å²) in [6.07, 6.45) is -1.38. The lowest BCUT2D eigenvalue weighted by molar-refractivity contribution is -0.345. The maximum Gasteiger partial charge on any atom is 0.202 e. The number of aliphatic hydroxyl groups excluding tert-OH is 2. The molecule has 5 heteroatoms. The molecule has 0 bridgehead atoms. The van der Waals surface area contributed by atoms with Crippen molar-refractivity contribution in [2.75, 3.05) is 0 Å². The van der Waals surface area contributed by atoms with Crippen molar-refractivity contribution in [1.82, 2.24) is 0 Å². The number of rotatable bonds is 0. The molecule has 0 unspecified atom stereocenters. The Morgan fingerprint density at radius 1 is 1.25 bits per heavy atom. The van der Waals surface area contributed by atoms with Gasteiger partial charge in [0.2, 0.25) is 5.79 Å². The molecule has 0 aromatic carbocycles. The molecule has 0 amide bonds. The van der Waals surface area contributed by atoms with Crippen molar-refractivity contribution in [3.63, 3.8) is 0 Å². The number of ether oxygens (including phenoxy) is 2. The van der Waals surface area contributed by atoms with E-state index in [1.807, 2.05) is 6.92 Å². The van der Waals surface area contributed by atoms with Gasteiger partial charge in [-0.2, -0.15) is 0 Å². The standard InChI is InChI=1S/C11H18O5/c1-6-3-4-9(13)11(15-6)5-8(12)10(14)7(2)16-11/h6-7,9-10,13-14H,3-5H2,1-2H3/t6-,7+,9+,10+,11+/m1/s1. The molecule has 5 nitrogen and oxygen atoms in total. The first-order valence-electron chi connectivity index (χ1n) is 5.69. The molecule has 5 atom stereocenters. The fraction of sp³-hybridized carbons (Fsp3) is 0.909. The number of carbonyl (C=O) groups excluding carboxylic acids is 1. The van der Waals surface area contributed by atoms with Crippen LogP contribution in [0, 0.1) is 0 Å². The van der Waals surface area contributed by atoms with Crippen molar-refractivity contribution in [1.29, 1.82) is 0 Å². The Kier molecular flexibility index (Phi) is 3.05. The molecule has 1 spiro atoms. The van der Waals surface area contributed by atoms with Crippen molar-refractivity contribution in [2.45, 2.75) is 63.3 Å². The van der Waals surface area contributed by atoms with Gasteiger partial charge in [-0.05, 0) is 26.7 Å². The van der Waals surface area contributed by atoms with Crippen LogP contribution in [0.1, 0.15) is 33.1 Å². The molecule has 92 valence electrons. The van der Waals surface area contributed by atoms with Gasteiger partial charge in [-0.3, -0.25) is 4.79 Å². The molecule has 0 aromatic heterocycles. The Bertz CT molecular complexity index is 292. The Hall–Kier alpha value is -0.490. The van der Waals surface area contributed by atoms with Crippen LogP contribution in [0.15, 0.2) is 0 Å². The number of carbonyl (C=O) groups is 1. The first-order chi connectivity index (χ1) is 7.44. The van der Waals surface area contributed by atoms with Gasteiger partial charge in [0.1, 0.15) is 12.2 Å². The topological polar surface area (TPSA) is 76.0 Å². The zero-order chi connectivity index (χ0) is 11.9. The van der Waals surface area contributed by atoms with Crippen LogP contribution in [0.4, 0.5) is 0 Å². The highest BCUT2D eigenvalue weighted by Gasteiger charge is 2.52. The second kappa shape index (κ2) is 4.07. The first-order valence-corrected chi connectivity index (χ1v) is 5.69. The summed E-state index contributed by atoms with van der Waals surface area (Å²) in [7, 11) is 0. The lowest BCUT2D eigenvalue weighted by Gasteiger charge is -2.47. The Balaban J connectivity index is 2.20. The average Bonchev–Trinajstić information content (AvgIpc) is 2.21. The summed E-state index contributed by atoms with van der Waals surface area (Å²) in [5, 5.41) is 19.4. The third kappa shape index (κ3) is 1.88. The van der Waals surface area contributed by atoms with Crippen LogP contribution >= 0.6 is 0 Å². The normalized spacial score (nSPS) is 49.6. The number of aliphatic hydroxyl groups is 2. The summed E-state index contributed by atoms with van der Waals surface area (Å²) >= 11 is 0. The van der Waals surface area contributed by atoms with E-state index in [4.69, 9.17) is 9.47 Å². The van der Waals surface area contributed by atoms with Crippen LogP contribution < -0.4 is 0 Å². The van der Waals surface area contributed by atoms with E-state index in [-0.39, 0.29) is 18.3 Å². The third-order valence-corrected chi connectivity index (χ3v) is 3.34. The number of ketones is 1. The predicted octanol–water partition coefficient (Wildman–Crippen LogP) is -0.0187. The SMILES string of the molecule is C[C@@H]1CC[C@H](O)[C@@]2(CC(=O)[C@@H](O)[C@H](C)O2)O1. The molecule has 0 aliphatic carbocycles. The highest BCUT2D eigenvalue weighted by molar-refractivity contribution is 5.85. The second-order valence-electron chi connectivity index (χ2n) is 4.74. The minimum Gasteiger partial charge on any atom is -0.387 e. The number of hydrogen-bond donors (Lipinski definition) is 2. The fourth-order valence-electron chi connectivity index (χ4n) is 2.39. The first kappa shape index (κ1) is 12.0. The molecule has 2 aliphatic heterocycles. The quantitative estimate of drug-likeness (QED) is 0.611. The summed E-state index contributed by atoms with van der Waals surface area (Å²) in [6, 6.07) is 0. The fourth-order valence-corrected chi connectivity index (χ4v) is 2.39. The molecular formula is C11H18O5. The Morgan fingerprint density at radius 3 is 2.56 bits per heavy atom. The van der Waals surface area contributed by atoms with Gasteiger partial charge in [0.25, 0.3) is 0 Å². The predicted molar refractivity (Wildman–Crippen MR) is 54.7 cm³/mol. The van der Waals surface area contributed by atoms with Crippen LogP contribution in [-0.4, -0.2) is 46.2 Å². The maximum absolute atomic E-state index is 11.6. The minimum atomic E-state index is -1.24. The van der Waals surface area contributed by atoms with Gasteiger partial charge >= 0.3 is 0 Å². The van der Waals surface area contributed by atoms with E-state index >= 15 is 0 Å². The van der Waals surface area contributed by atoms with Crippen LogP contribution in [0.5, 0.6) is 0 Å². The molecule has 2 rings (SSSR count). The van der Waals surface area contributed by atoms with E-state index in [9.17, 15) is 15.0 Å². The Labute approximate surface area is 94.4 Å². The van der Waals surface area contributed by atoms with Crippen molar-refractivity contribution in [3.05, 3.63) is 0 Å². The largest absolute Gasteiger partial charge is 0.387 e. The molecule has 0 radical (unpaired) electrons. The summed E-state index contributed by atoms with van der Waals surface area (Å²) in [6.45, 7) is 3.50. The maximum atomic E-state index is 11.6. The van der Waals surface area contributed by atoms with Crippen molar-refractivity contribution in [3.8, 4) is 0 Å². The highest BCUT2D eigenvalue weighted by Crippen LogP contribution is 2.38. The van der Waals surface area contributed by atoms with Crippen molar-refractivity contribution in [2.24, 2.45) is 0 Å². The average molecular weight is 230 g/mol. The molecule has 16 heavy (non-hydrogen) atoms. The lowest BCUT2D eigenvalue weighted by atomic mass is 9.89. The van der Waals surface area contributed by atoms with Crippen LogP contribution in [0.2, 0.25) is 0 Å². The zero-order valence-corrected chi connectivity index (χ0v) is 9.55. The van der Waals surface area contributed by atoms with Gasteiger partial charge in [0.05, 0.1) is 18.6 Å². The molecular weight excluding hydrogens is 212 g/mol. The van der Waals surface area contributed by atoms with Crippen LogP contribution in [-0.2, 0) is 14.3 Å². The highest BCUT2D eigenvalue weighted by atomic mass is 16.7. The van der Waals surface area contributed by atoms with E-state index in [0.29, 0.717) is 6.42 Å². The van der Waals surface area contributed by atoms with Gasteiger partial charge in [0.15, 0.2) is 5.78 Å². The van der Waals surface area contributed by atoms with E-state index in [1.165, 1.54) is 0 Å². The number of hydrogen-bond acceptors (Lipinski definition) is 5. The molecule has 2 fully saturated rings. The molecule has 2 aliphatic rings. The molecule has 0 saturated carbocycles. The summed E-state index contributed by atoms with van der Waals surface area (Å²) < 4.78 is 11.1. The molecule has 2 heterocycles. The summed E-state index contributed by atoms with van der Waals surface area (Å²) in [5.41, 5.74) is 0. The number of Topliss-reactive ketones (excluding diaryl/α,β-unsaturated/α-hetero) is 1. The van der Waals surface area contributed by atoms with Gasteiger partial charge < -0.3 is 19.7 Å². The summed E-state index contributed by atoms with van der Waals surface area (Å²) in [5.74, 6) is -1.57. The zero-order valence-electron chi connectivity index (χ0n) is 9.55.